The Hall–Kier alpha value is -3.41. The molecule has 0 saturated heterocycles. The highest BCUT2D eigenvalue weighted by molar-refractivity contribution is 5.98. The first-order chi connectivity index (χ1) is 13.5. The Balaban J connectivity index is 1.56. The van der Waals surface area contributed by atoms with Gasteiger partial charge in [0.15, 0.2) is 5.78 Å². The largest absolute Gasteiger partial charge is 0.497 e. The van der Waals surface area contributed by atoms with Gasteiger partial charge in [0.05, 0.1) is 7.11 Å². The molecule has 0 saturated carbocycles. The summed E-state index contributed by atoms with van der Waals surface area (Å²) < 4.78 is 5.06. The molecule has 0 unspecified atom stereocenters. The van der Waals surface area contributed by atoms with Gasteiger partial charge in [0.2, 0.25) is 5.91 Å². The molecule has 0 atom stereocenters. The lowest BCUT2D eigenvalue weighted by Crippen LogP contribution is -2.27. The van der Waals surface area contributed by atoms with Crippen LogP contribution in [0.5, 0.6) is 5.75 Å². The SMILES string of the molecule is COc1ccc(C(=O)CCC(=O)NCc2cc3cc(C)ccc3[nH]c2=O)cc1. The topological polar surface area (TPSA) is 88.3 Å². The van der Waals surface area contributed by atoms with Crippen molar-refractivity contribution in [2.45, 2.75) is 26.3 Å². The summed E-state index contributed by atoms with van der Waals surface area (Å²) in [6, 6.07) is 14.3. The molecule has 3 rings (SSSR count). The molecular formula is C22H22N2O4. The standard InChI is InChI=1S/C22H22N2O4/c1-14-3-8-19-16(11-14)12-17(22(27)24-19)13-23-21(26)10-9-20(25)15-4-6-18(28-2)7-5-15/h3-8,11-12H,9-10,13H2,1-2H3,(H,23,26)(H,24,27). The number of aromatic nitrogens is 1. The van der Waals surface area contributed by atoms with Crippen molar-refractivity contribution in [2.24, 2.45) is 0 Å². The van der Waals surface area contributed by atoms with Crippen LogP contribution in [0.2, 0.25) is 0 Å². The molecule has 0 aliphatic heterocycles. The van der Waals surface area contributed by atoms with Gasteiger partial charge < -0.3 is 15.0 Å². The second-order valence-corrected chi connectivity index (χ2v) is 6.64. The van der Waals surface area contributed by atoms with Crippen molar-refractivity contribution in [1.29, 1.82) is 0 Å². The van der Waals surface area contributed by atoms with E-state index in [1.165, 1.54) is 0 Å². The number of pyridine rings is 1. The number of H-pyrrole nitrogens is 1. The van der Waals surface area contributed by atoms with E-state index in [4.69, 9.17) is 4.74 Å². The van der Waals surface area contributed by atoms with Gasteiger partial charge >= 0.3 is 0 Å². The highest BCUT2D eigenvalue weighted by Crippen LogP contribution is 2.14. The number of carbonyl (C=O) groups excluding carboxylic acids is 2. The number of Topliss-reactive ketones (excluding diaryl/α,β-unsaturated/α-hetero) is 1. The molecule has 1 aromatic heterocycles. The maximum absolute atomic E-state index is 12.2. The maximum Gasteiger partial charge on any atom is 0.253 e. The number of benzene rings is 2. The summed E-state index contributed by atoms with van der Waals surface area (Å²) in [5.41, 5.74) is 2.64. The number of hydrogen-bond acceptors (Lipinski definition) is 4. The molecule has 0 aliphatic carbocycles. The molecule has 2 N–H and O–H groups in total. The van der Waals surface area contributed by atoms with Gasteiger partial charge in [-0.05, 0) is 54.8 Å². The lowest BCUT2D eigenvalue weighted by atomic mass is 10.1. The third kappa shape index (κ3) is 4.65. The number of nitrogens with one attached hydrogen (secondary N) is 2. The van der Waals surface area contributed by atoms with Gasteiger partial charge in [-0.3, -0.25) is 14.4 Å². The van der Waals surface area contributed by atoms with Crippen LogP contribution in [0.3, 0.4) is 0 Å². The molecule has 1 heterocycles. The van der Waals surface area contributed by atoms with E-state index < -0.39 is 0 Å². The number of fused-ring (bicyclic) bond motifs is 1. The molecule has 6 heteroatoms. The van der Waals surface area contributed by atoms with Gasteiger partial charge in [0, 0.05) is 36.0 Å². The minimum absolute atomic E-state index is 0.0649. The lowest BCUT2D eigenvalue weighted by Gasteiger charge is -2.07. The van der Waals surface area contributed by atoms with E-state index in [2.05, 4.69) is 10.3 Å². The Bertz CT molecular complexity index is 1070. The number of rotatable bonds is 7. The summed E-state index contributed by atoms with van der Waals surface area (Å²) in [4.78, 5) is 39.2. The second-order valence-electron chi connectivity index (χ2n) is 6.64. The third-order valence-electron chi connectivity index (χ3n) is 4.54. The Morgan fingerprint density at radius 2 is 1.79 bits per heavy atom. The van der Waals surface area contributed by atoms with Crippen molar-refractivity contribution in [1.82, 2.24) is 10.3 Å². The van der Waals surface area contributed by atoms with E-state index in [0.717, 1.165) is 16.5 Å². The highest BCUT2D eigenvalue weighted by atomic mass is 16.5. The molecule has 0 bridgehead atoms. The fraction of sp³-hybridized carbons (Fsp3) is 0.227. The Labute approximate surface area is 162 Å². The predicted octanol–water partition coefficient (Wildman–Crippen LogP) is 3.12. The predicted molar refractivity (Wildman–Crippen MR) is 108 cm³/mol. The van der Waals surface area contributed by atoms with Crippen LogP contribution in [0.4, 0.5) is 0 Å². The fourth-order valence-electron chi connectivity index (χ4n) is 2.93. The Morgan fingerprint density at radius 3 is 2.50 bits per heavy atom. The fourth-order valence-corrected chi connectivity index (χ4v) is 2.93. The summed E-state index contributed by atoms with van der Waals surface area (Å²) in [6.07, 6.45) is 0.168. The van der Waals surface area contributed by atoms with E-state index in [1.807, 2.05) is 25.1 Å². The molecule has 3 aromatic rings. The number of amides is 1. The number of aryl methyl sites for hydroxylation is 1. The summed E-state index contributed by atoms with van der Waals surface area (Å²) in [5.74, 6) is 0.285. The van der Waals surface area contributed by atoms with Crippen molar-refractivity contribution >= 4 is 22.6 Å². The number of ketones is 1. The molecule has 0 fully saturated rings. The third-order valence-corrected chi connectivity index (χ3v) is 4.54. The van der Waals surface area contributed by atoms with Crippen molar-refractivity contribution in [3.05, 3.63) is 75.6 Å². The van der Waals surface area contributed by atoms with E-state index in [0.29, 0.717) is 16.9 Å². The van der Waals surface area contributed by atoms with Gasteiger partial charge in [-0.1, -0.05) is 11.6 Å². The average Bonchev–Trinajstić information content (AvgIpc) is 2.70. The number of methoxy groups -OCH3 is 1. The number of aromatic amines is 1. The van der Waals surface area contributed by atoms with Crippen LogP contribution in [0.15, 0.2) is 53.3 Å². The highest BCUT2D eigenvalue weighted by Gasteiger charge is 2.11. The molecule has 1 amide bonds. The first kappa shape index (κ1) is 19.4. The van der Waals surface area contributed by atoms with Crippen LogP contribution in [-0.4, -0.2) is 23.8 Å². The summed E-state index contributed by atoms with van der Waals surface area (Å²) in [6.45, 7) is 2.10. The van der Waals surface area contributed by atoms with Crippen LogP contribution in [0.25, 0.3) is 10.9 Å². The minimum atomic E-state index is -0.273. The van der Waals surface area contributed by atoms with E-state index >= 15 is 0 Å². The molecule has 144 valence electrons. The monoisotopic (exact) mass is 378 g/mol. The van der Waals surface area contributed by atoms with Crippen molar-refractivity contribution < 1.29 is 14.3 Å². The van der Waals surface area contributed by atoms with Crippen LogP contribution in [-0.2, 0) is 11.3 Å². The van der Waals surface area contributed by atoms with E-state index in [9.17, 15) is 14.4 Å². The maximum atomic E-state index is 12.2. The normalized spacial score (nSPS) is 10.6. The molecule has 0 aliphatic rings. The molecule has 0 radical (unpaired) electrons. The smallest absolute Gasteiger partial charge is 0.253 e. The zero-order valence-corrected chi connectivity index (χ0v) is 15.9. The number of carbonyl (C=O) groups is 2. The summed E-state index contributed by atoms with van der Waals surface area (Å²) >= 11 is 0. The van der Waals surface area contributed by atoms with Crippen molar-refractivity contribution in [3.63, 3.8) is 0 Å². The van der Waals surface area contributed by atoms with E-state index in [-0.39, 0.29) is 36.6 Å². The Morgan fingerprint density at radius 1 is 1.04 bits per heavy atom. The Kier molecular flexibility index (Phi) is 5.89. The lowest BCUT2D eigenvalue weighted by molar-refractivity contribution is -0.121. The minimum Gasteiger partial charge on any atom is -0.497 e. The van der Waals surface area contributed by atoms with Gasteiger partial charge in [0.25, 0.3) is 5.56 Å². The number of ether oxygens (including phenoxy) is 1. The molecule has 2 aromatic carbocycles. The van der Waals surface area contributed by atoms with Crippen LogP contribution < -0.4 is 15.6 Å². The second kappa shape index (κ2) is 8.52. The molecular weight excluding hydrogens is 356 g/mol. The first-order valence-corrected chi connectivity index (χ1v) is 9.03. The molecule has 28 heavy (non-hydrogen) atoms. The average molecular weight is 378 g/mol. The van der Waals surface area contributed by atoms with Gasteiger partial charge in [0.1, 0.15) is 5.75 Å². The quantitative estimate of drug-likeness (QED) is 0.618. The molecule has 0 spiro atoms. The van der Waals surface area contributed by atoms with Crippen LogP contribution in [0, 0.1) is 6.92 Å². The van der Waals surface area contributed by atoms with E-state index in [1.54, 1.807) is 37.4 Å². The van der Waals surface area contributed by atoms with Gasteiger partial charge in [-0.25, -0.2) is 0 Å². The summed E-state index contributed by atoms with van der Waals surface area (Å²) in [5, 5.41) is 3.63. The first-order valence-electron chi connectivity index (χ1n) is 9.03. The number of hydrogen-bond donors (Lipinski definition) is 2. The van der Waals surface area contributed by atoms with Crippen LogP contribution in [0.1, 0.15) is 34.3 Å². The van der Waals surface area contributed by atoms with Gasteiger partial charge in [-0.15, -0.1) is 0 Å². The van der Waals surface area contributed by atoms with Crippen molar-refractivity contribution in [2.75, 3.05) is 7.11 Å². The molecule has 6 nitrogen and oxygen atoms in total. The van der Waals surface area contributed by atoms with Gasteiger partial charge in [-0.2, -0.15) is 0 Å². The van der Waals surface area contributed by atoms with Crippen molar-refractivity contribution in [3.8, 4) is 5.75 Å². The summed E-state index contributed by atoms with van der Waals surface area (Å²) in [7, 11) is 1.56. The zero-order chi connectivity index (χ0) is 20.1. The van der Waals surface area contributed by atoms with Crippen LogP contribution >= 0.6 is 0 Å². The zero-order valence-electron chi connectivity index (χ0n) is 15.9.